The number of halogens is 3. The predicted molar refractivity (Wildman–Crippen MR) is 90.0 cm³/mol. The van der Waals surface area contributed by atoms with E-state index in [4.69, 9.17) is 39.5 Å². The summed E-state index contributed by atoms with van der Waals surface area (Å²) in [4.78, 5) is 0. The number of hydrogen-bond acceptors (Lipinski definition) is 2. The first kappa shape index (κ1) is 16.4. The molecule has 0 aromatic heterocycles. The first-order chi connectivity index (χ1) is 10.0. The van der Waals surface area contributed by atoms with Crippen molar-refractivity contribution in [2.45, 2.75) is 12.5 Å². The molecule has 1 N–H and O–H groups in total. The second kappa shape index (κ2) is 7.37. The highest BCUT2D eigenvalue weighted by Gasteiger charge is 2.17. The van der Waals surface area contributed by atoms with Crippen molar-refractivity contribution in [3.05, 3.63) is 62.6 Å². The van der Waals surface area contributed by atoms with Crippen molar-refractivity contribution >= 4 is 34.8 Å². The molecule has 2 aromatic carbocycles. The van der Waals surface area contributed by atoms with Crippen LogP contribution in [-0.2, 0) is 6.42 Å². The zero-order valence-corrected chi connectivity index (χ0v) is 14.1. The van der Waals surface area contributed by atoms with Crippen LogP contribution < -0.4 is 10.1 Å². The molecule has 112 valence electrons. The van der Waals surface area contributed by atoms with Crippen LogP contribution in [0.25, 0.3) is 0 Å². The van der Waals surface area contributed by atoms with E-state index in [2.05, 4.69) is 5.32 Å². The Bertz CT molecular complexity index is 631. The third-order valence-electron chi connectivity index (χ3n) is 3.35. The molecule has 21 heavy (non-hydrogen) atoms. The topological polar surface area (TPSA) is 21.3 Å². The van der Waals surface area contributed by atoms with Gasteiger partial charge in [0, 0.05) is 26.7 Å². The fourth-order valence-corrected chi connectivity index (χ4v) is 2.81. The summed E-state index contributed by atoms with van der Waals surface area (Å²) in [6, 6.07) is 11.1. The summed E-state index contributed by atoms with van der Waals surface area (Å²) in [5.41, 5.74) is 2.01. The number of nitrogens with one attached hydrogen (secondary N) is 1. The Morgan fingerprint density at radius 2 is 1.71 bits per heavy atom. The zero-order chi connectivity index (χ0) is 15.4. The third kappa shape index (κ3) is 4.04. The highest BCUT2D eigenvalue weighted by atomic mass is 35.5. The molecule has 0 aliphatic carbocycles. The Morgan fingerprint density at radius 3 is 2.38 bits per heavy atom. The van der Waals surface area contributed by atoms with Crippen molar-refractivity contribution in [2.75, 3.05) is 14.2 Å². The van der Waals surface area contributed by atoms with Gasteiger partial charge in [0.05, 0.1) is 7.11 Å². The number of likely N-dealkylation sites (N-methyl/N-ethyl adjacent to an activating group) is 1. The van der Waals surface area contributed by atoms with Gasteiger partial charge in [0.15, 0.2) is 0 Å². The molecule has 1 atom stereocenters. The maximum absolute atomic E-state index is 6.24. The van der Waals surface area contributed by atoms with Crippen LogP contribution >= 0.6 is 34.8 Å². The lowest BCUT2D eigenvalue weighted by molar-refractivity contribution is 0.401. The number of hydrogen-bond donors (Lipinski definition) is 1. The smallest absolute Gasteiger partial charge is 0.125 e. The van der Waals surface area contributed by atoms with E-state index in [-0.39, 0.29) is 6.04 Å². The monoisotopic (exact) mass is 343 g/mol. The molecule has 0 spiro atoms. The number of ether oxygens (including phenoxy) is 1. The Hall–Kier alpha value is -0.930. The van der Waals surface area contributed by atoms with E-state index >= 15 is 0 Å². The highest BCUT2D eigenvalue weighted by Crippen LogP contribution is 2.32. The lowest BCUT2D eigenvalue weighted by Crippen LogP contribution is -2.19. The Labute approximate surface area is 140 Å². The van der Waals surface area contributed by atoms with Crippen LogP contribution in [0.4, 0.5) is 0 Å². The lowest BCUT2D eigenvalue weighted by Gasteiger charge is -2.20. The molecule has 0 bridgehead atoms. The summed E-state index contributed by atoms with van der Waals surface area (Å²) in [7, 11) is 3.53. The van der Waals surface area contributed by atoms with Crippen molar-refractivity contribution in [1.82, 2.24) is 5.32 Å². The van der Waals surface area contributed by atoms with Crippen LogP contribution in [0.3, 0.4) is 0 Å². The van der Waals surface area contributed by atoms with E-state index in [0.29, 0.717) is 21.5 Å². The van der Waals surface area contributed by atoms with Crippen LogP contribution in [0.1, 0.15) is 17.2 Å². The maximum atomic E-state index is 6.24. The van der Waals surface area contributed by atoms with Gasteiger partial charge in [0.25, 0.3) is 0 Å². The van der Waals surface area contributed by atoms with Gasteiger partial charge in [-0.2, -0.15) is 0 Å². The predicted octanol–water partition coefficient (Wildman–Crippen LogP) is 5.16. The maximum Gasteiger partial charge on any atom is 0.125 e. The summed E-state index contributed by atoms with van der Waals surface area (Å²) in [6.07, 6.45) is 0.702. The van der Waals surface area contributed by atoms with Gasteiger partial charge in [-0.3, -0.25) is 0 Å². The van der Waals surface area contributed by atoms with Crippen LogP contribution in [0.2, 0.25) is 15.1 Å². The SMILES string of the molecule is CNC(Cc1cc(Cl)ccc1Cl)c1ccc(Cl)cc1OC. The Balaban J connectivity index is 2.34. The van der Waals surface area contributed by atoms with E-state index in [9.17, 15) is 0 Å². The van der Waals surface area contributed by atoms with Crippen molar-refractivity contribution in [1.29, 1.82) is 0 Å². The molecule has 0 saturated heterocycles. The van der Waals surface area contributed by atoms with Crippen molar-refractivity contribution in [3.8, 4) is 5.75 Å². The minimum Gasteiger partial charge on any atom is -0.496 e. The fourth-order valence-electron chi connectivity index (χ4n) is 2.26. The van der Waals surface area contributed by atoms with Crippen LogP contribution in [0.15, 0.2) is 36.4 Å². The molecule has 0 saturated carbocycles. The van der Waals surface area contributed by atoms with Gasteiger partial charge in [-0.1, -0.05) is 40.9 Å². The van der Waals surface area contributed by atoms with Gasteiger partial charge in [-0.25, -0.2) is 0 Å². The molecular formula is C16H16Cl3NO. The summed E-state index contributed by atoms with van der Waals surface area (Å²) in [5, 5.41) is 5.30. The number of benzene rings is 2. The van der Waals surface area contributed by atoms with E-state index in [1.807, 2.05) is 31.3 Å². The zero-order valence-electron chi connectivity index (χ0n) is 11.8. The van der Waals surface area contributed by atoms with Gasteiger partial charge in [-0.05, 0) is 49.4 Å². The molecule has 2 rings (SSSR count). The standard InChI is InChI=1S/C16H16Cl3NO/c1-20-15(8-10-7-11(17)4-6-14(10)19)13-5-3-12(18)9-16(13)21-2/h3-7,9,15,20H,8H2,1-2H3. The average Bonchev–Trinajstić information content (AvgIpc) is 2.48. The molecular weight excluding hydrogens is 329 g/mol. The quantitative estimate of drug-likeness (QED) is 0.809. The van der Waals surface area contributed by atoms with E-state index in [1.165, 1.54) is 0 Å². The third-order valence-corrected chi connectivity index (χ3v) is 4.19. The minimum absolute atomic E-state index is 0.0492. The van der Waals surface area contributed by atoms with E-state index in [0.717, 1.165) is 16.9 Å². The second-order valence-electron chi connectivity index (χ2n) is 4.67. The molecule has 2 aromatic rings. The minimum atomic E-state index is 0.0492. The molecule has 5 heteroatoms. The average molecular weight is 345 g/mol. The summed E-state index contributed by atoms with van der Waals surface area (Å²) >= 11 is 18.3. The first-order valence-electron chi connectivity index (χ1n) is 6.49. The Morgan fingerprint density at radius 1 is 1.05 bits per heavy atom. The van der Waals surface area contributed by atoms with E-state index in [1.54, 1.807) is 19.2 Å². The van der Waals surface area contributed by atoms with Gasteiger partial charge in [-0.15, -0.1) is 0 Å². The largest absolute Gasteiger partial charge is 0.496 e. The molecule has 2 nitrogen and oxygen atoms in total. The first-order valence-corrected chi connectivity index (χ1v) is 7.63. The van der Waals surface area contributed by atoms with Gasteiger partial charge < -0.3 is 10.1 Å². The molecule has 1 unspecified atom stereocenters. The Kier molecular flexibility index (Phi) is 5.77. The summed E-state index contributed by atoms with van der Waals surface area (Å²) in [5.74, 6) is 0.750. The van der Waals surface area contributed by atoms with E-state index < -0.39 is 0 Å². The number of rotatable bonds is 5. The van der Waals surface area contributed by atoms with Gasteiger partial charge in [0.1, 0.15) is 5.75 Å². The molecule has 0 aliphatic rings. The molecule has 0 amide bonds. The highest BCUT2D eigenvalue weighted by molar-refractivity contribution is 6.33. The fraction of sp³-hybridized carbons (Fsp3) is 0.250. The van der Waals surface area contributed by atoms with Crippen molar-refractivity contribution in [3.63, 3.8) is 0 Å². The van der Waals surface area contributed by atoms with Crippen molar-refractivity contribution in [2.24, 2.45) is 0 Å². The molecule has 0 fully saturated rings. The van der Waals surface area contributed by atoms with Crippen molar-refractivity contribution < 1.29 is 4.74 Å². The molecule has 0 heterocycles. The van der Waals surface area contributed by atoms with Crippen LogP contribution in [-0.4, -0.2) is 14.2 Å². The number of methoxy groups -OCH3 is 1. The van der Waals surface area contributed by atoms with Crippen LogP contribution in [0.5, 0.6) is 5.75 Å². The normalized spacial score (nSPS) is 12.2. The van der Waals surface area contributed by atoms with Gasteiger partial charge in [0.2, 0.25) is 0 Å². The lowest BCUT2D eigenvalue weighted by atomic mass is 9.98. The molecule has 0 aliphatic heterocycles. The van der Waals surface area contributed by atoms with Gasteiger partial charge >= 0.3 is 0 Å². The summed E-state index contributed by atoms with van der Waals surface area (Å²) in [6.45, 7) is 0. The van der Waals surface area contributed by atoms with Crippen LogP contribution in [0, 0.1) is 0 Å². The second-order valence-corrected chi connectivity index (χ2v) is 5.95. The summed E-state index contributed by atoms with van der Waals surface area (Å²) < 4.78 is 5.42. The molecule has 0 radical (unpaired) electrons.